The Morgan fingerprint density at radius 2 is 2.17 bits per heavy atom. The first-order chi connectivity index (χ1) is 5.53. The van der Waals surface area contributed by atoms with Crippen LogP contribution in [-0.4, -0.2) is 12.1 Å². The number of carbonyl (C=O) groups is 2. The second-order valence-electron chi connectivity index (χ2n) is 4.70. The fourth-order valence-electron chi connectivity index (χ4n) is 2.88. The molecule has 2 aliphatic carbocycles. The van der Waals surface area contributed by atoms with E-state index in [0.717, 1.165) is 25.5 Å². The second-order valence-corrected chi connectivity index (χ2v) is 4.70. The molecule has 2 rings (SSSR count). The quantitative estimate of drug-likeness (QED) is 0.554. The highest BCUT2D eigenvalue weighted by Gasteiger charge is 2.62. The third kappa shape index (κ3) is 0.621. The minimum Gasteiger partial charge on any atom is -0.303 e. The molecule has 0 aromatic rings. The van der Waals surface area contributed by atoms with Crippen molar-refractivity contribution >= 4 is 12.1 Å². The maximum Gasteiger partial charge on any atom is 0.142 e. The zero-order valence-electron chi connectivity index (χ0n) is 7.59. The summed E-state index contributed by atoms with van der Waals surface area (Å²) in [6.07, 6.45) is 3.68. The van der Waals surface area contributed by atoms with Crippen LogP contribution in [0.4, 0.5) is 0 Å². The second kappa shape index (κ2) is 1.98. The number of aldehydes is 1. The van der Waals surface area contributed by atoms with Crippen LogP contribution in [0.3, 0.4) is 0 Å². The summed E-state index contributed by atoms with van der Waals surface area (Å²) in [7, 11) is 0. The molecule has 0 unspecified atom stereocenters. The molecule has 12 heavy (non-hydrogen) atoms. The van der Waals surface area contributed by atoms with Gasteiger partial charge in [0, 0.05) is 16.7 Å². The Balaban J connectivity index is 2.48. The lowest BCUT2D eigenvalue weighted by Crippen LogP contribution is -2.40. The van der Waals surface area contributed by atoms with Crippen LogP contribution in [0.15, 0.2) is 0 Å². The molecule has 0 radical (unpaired) electrons. The molecule has 2 nitrogen and oxygen atoms in total. The minimum atomic E-state index is -0.391. The average Bonchev–Trinajstić information content (AvgIpc) is 2.53. The van der Waals surface area contributed by atoms with Crippen molar-refractivity contribution in [2.75, 3.05) is 0 Å². The molecule has 2 heteroatoms. The molecule has 0 N–H and O–H groups in total. The standard InChI is InChI=1S/C10H14O2/c1-9(2)8(12)7-3-4-10(9,5-7)6-11/h6-7H,3-5H2,1-2H3/t7-,10+/m0/s1. The number of carbonyl (C=O) groups excluding carboxylic acids is 2. The average molecular weight is 166 g/mol. The van der Waals surface area contributed by atoms with Crippen LogP contribution in [0.2, 0.25) is 0 Å². The molecule has 0 aromatic carbocycles. The first-order valence-electron chi connectivity index (χ1n) is 4.54. The highest BCUT2D eigenvalue weighted by atomic mass is 16.1. The van der Waals surface area contributed by atoms with Gasteiger partial charge >= 0.3 is 0 Å². The SMILES string of the molecule is CC1(C)C(=O)[C@H]2CC[C@]1(C=O)C2. The lowest BCUT2D eigenvalue weighted by Gasteiger charge is -2.35. The van der Waals surface area contributed by atoms with Crippen molar-refractivity contribution < 1.29 is 9.59 Å². The third-order valence-corrected chi connectivity index (χ3v) is 4.01. The van der Waals surface area contributed by atoms with Crippen LogP contribution in [-0.2, 0) is 9.59 Å². The van der Waals surface area contributed by atoms with Crippen molar-refractivity contribution in [3.63, 3.8) is 0 Å². The lowest BCUT2D eigenvalue weighted by atomic mass is 9.65. The van der Waals surface area contributed by atoms with Crippen LogP contribution in [0.25, 0.3) is 0 Å². The summed E-state index contributed by atoms with van der Waals surface area (Å²) in [6, 6.07) is 0. The van der Waals surface area contributed by atoms with Gasteiger partial charge in [-0.3, -0.25) is 4.79 Å². The molecule has 0 aromatic heterocycles. The number of ketones is 1. The molecule has 2 aliphatic rings. The first kappa shape index (κ1) is 7.96. The summed E-state index contributed by atoms with van der Waals surface area (Å²) in [4.78, 5) is 22.7. The summed E-state index contributed by atoms with van der Waals surface area (Å²) in [5.74, 6) is 0.492. The molecule has 2 fully saturated rings. The molecule has 2 bridgehead atoms. The van der Waals surface area contributed by atoms with Crippen molar-refractivity contribution in [2.45, 2.75) is 33.1 Å². The Kier molecular flexibility index (Phi) is 1.31. The summed E-state index contributed by atoms with van der Waals surface area (Å²) in [6.45, 7) is 3.84. The Morgan fingerprint density at radius 1 is 1.50 bits per heavy atom. The maximum absolute atomic E-state index is 11.7. The fraction of sp³-hybridized carbons (Fsp3) is 0.800. The van der Waals surface area contributed by atoms with Crippen molar-refractivity contribution in [1.82, 2.24) is 0 Å². The molecular formula is C10H14O2. The predicted octanol–water partition coefficient (Wildman–Crippen LogP) is 1.58. The van der Waals surface area contributed by atoms with Crippen molar-refractivity contribution in [2.24, 2.45) is 16.7 Å². The van der Waals surface area contributed by atoms with E-state index in [1.165, 1.54) is 0 Å². The summed E-state index contributed by atoms with van der Waals surface area (Å²) < 4.78 is 0. The van der Waals surface area contributed by atoms with Gasteiger partial charge in [0.1, 0.15) is 12.1 Å². The monoisotopic (exact) mass is 166 g/mol. The van der Waals surface area contributed by atoms with Crippen LogP contribution in [0.5, 0.6) is 0 Å². The first-order valence-corrected chi connectivity index (χ1v) is 4.54. The fourth-order valence-corrected chi connectivity index (χ4v) is 2.88. The van der Waals surface area contributed by atoms with E-state index in [0.29, 0.717) is 5.78 Å². The lowest BCUT2D eigenvalue weighted by molar-refractivity contribution is -0.137. The Hall–Kier alpha value is -0.660. The number of Topliss-reactive ketones (excluding diaryl/α,β-unsaturated/α-hetero) is 1. The molecule has 0 amide bonds. The van der Waals surface area contributed by atoms with Crippen LogP contribution < -0.4 is 0 Å². The normalized spacial score (nSPS) is 43.5. The molecule has 0 heterocycles. The highest BCUT2D eigenvalue weighted by molar-refractivity contribution is 5.95. The van der Waals surface area contributed by atoms with E-state index in [9.17, 15) is 9.59 Å². The number of hydrogen-bond donors (Lipinski definition) is 0. The smallest absolute Gasteiger partial charge is 0.142 e. The number of hydrogen-bond acceptors (Lipinski definition) is 2. The van der Waals surface area contributed by atoms with Crippen molar-refractivity contribution in [1.29, 1.82) is 0 Å². The molecule has 2 saturated carbocycles. The van der Waals surface area contributed by atoms with Crippen LogP contribution in [0, 0.1) is 16.7 Å². The Morgan fingerprint density at radius 3 is 2.50 bits per heavy atom. The summed E-state index contributed by atoms with van der Waals surface area (Å²) in [5.41, 5.74) is -0.702. The molecule has 66 valence electrons. The predicted molar refractivity (Wildman–Crippen MR) is 44.6 cm³/mol. The van der Waals surface area contributed by atoms with Crippen molar-refractivity contribution in [3.05, 3.63) is 0 Å². The van der Waals surface area contributed by atoms with E-state index in [2.05, 4.69) is 0 Å². The van der Waals surface area contributed by atoms with Gasteiger partial charge in [0.25, 0.3) is 0 Å². The summed E-state index contributed by atoms with van der Waals surface area (Å²) in [5, 5.41) is 0. The van der Waals surface area contributed by atoms with Gasteiger partial charge in [-0.15, -0.1) is 0 Å². The van der Waals surface area contributed by atoms with Crippen LogP contribution in [0.1, 0.15) is 33.1 Å². The van der Waals surface area contributed by atoms with E-state index in [-0.39, 0.29) is 11.3 Å². The van der Waals surface area contributed by atoms with Gasteiger partial charge in [-0.2, -0.15) is 0 Å². The highest BCUT2D eigenvalue weighted by Crippen LogP contribution is 2.60. The molecule has 0 saturated heterocycles. The zero-order chi connectivity index (χ0) is 8.98. The Bertz CT molecular complexity index is 255. The maximum atomic E-state index is 11.7. The third-order valence-electron chi connectivity index (χ3n) is 4.01. The van der Waals surface area contributed by atoms with Gasteiger partial charge in [0.2, 0.25) is 0 Å². The van der Waals surface area contributed by atoms with Gasteiger partial charge in [-0.1, -0.05) is 13.8 Å². The molecule has 0 aliphatic heterocycles. The summed E-state index contributed by atoms with van der Waals surface area (Å²) >= 11 is 0. The van der Waals surface area contributed by atoms with E-state index in [1.807, 2.05) is 13.8 Å². The van der Waals surface area contributed by atoms with Gasteiger partial charge in [-0.05, 0) is 19.3 Å². The van der Waals surface area contributed by atoms with Gasteiger partial charge < -0.3 is 4.79 Å². The van der Waals surface area contributed by atoms with Gasteiger partial charge in [0.05, 0.1) is 0 Å². The Labute approximate surface area is 72.3 Å². The van der Waals surface area contributed by atoms with E-state index in [4.69, 9.17) is 0 Å². The largest absolute Gasteiger partial charge is 0.303 e. The van der Waals surface area contributed by atoms with E-state index in [1.54, 1.807) is 0 Å². The van der Waals surface area contributed by atoms with E-state index < -0.39 is 5.41 Å². The van der Waals surface area contributed by atoms with E-state index >= 15 is 0 Å². The van der Waals surface area contributed by atoms with Crippen LogP contribution >= 0.6 is 0 Å². The number of rotatable bonds is 1. The molecule has 0 spiro atoms. The molecule has 2 atom stereocenters. The van der Waals surface area contributed by atoms with Gasteiger partial charge in [-0.25, -0.2) is 0 Å². The minimum absolute atomic E-state index is 0.185. The topological polar surface area (TPSA) is 34.1 Å². The molecular weight excluding hydrogens is 152 g/mol. The zero-order valence-corrected chi connectivity index (χ0v) is 7.59. The van der Waals surface area contributed by atoms with Crippen molar-refractivity contribution in [3.8, 4) is 0 Å². The van der Waals surface area contributed by atoms with Gasteiger partial charge in [0.15, 0.2) is 0 Å². The number of fused-ring (bicyclic) bond motifs is 2.